The van der Waals surface area contributed by atoms with Gasteiger partial charge in [0.05, 0.1) is 36.4 Å². The summed E-state index contributed by atoms with van der Waals surface area (Å²) < 4.78 is 5.58. The number of amidine groups is 1. The maximum atomic E-state index is 13.6. The Morgan fingerprint density at radius 1 is 1.00 bits per heavy atom. The molecule has 39 heavy (non-hydrogen) atoms. The number of nitrogens with zero attached hydrogens (tertiary/aromatic N) is 2. The van der Waals surface area contributed by atoms with Gasteiger partial charge in [0.25, 0.3) is 0 Å². The normalized spacial score (nSPS) is 17.2. The molecule has 6 nitrogen and oxygen atoms in total. The van der Waals surface area contributed by atoms with E-state index in [1.807, 2.05) is 109 Å². The number of esters is 1. The van der Waals surface area contributed by atoms with Crippen molar-refractivity contribution < 1.29 is 14.3 Å². The molecule has 2 aliphatic heterocycles. The molecule has 0 unspecified atom stereocenters. The number of fused-ring (bicyclic) bond motifs is 1. The van der Waals surface area contributed by atoms with E-state index >= 15 is 0 Å². The predicted octanol–water partition coefficient (Wildman–Crippen LogP) is 6.54. The van der Waals surface area contributed by atoms with E-state index in [9.17, 15) is 9.59 Å². The fourth-order valence-corrected chi connectivity index (χ4v) is 5.75. The first-order valence-electron chi connectivity index (χ1n) is 13.1. The Morgan fingerprint density at radius 2 is 1.67 bits per heavy atom. The van der Waals surface area contributed by atoms with Gasteiger partial charge in [-0.05, 0) is 37.3 Å². The molecule has 0 spiro atoms. The van der Waals surface area contributed by atoms with Gasteiger partial charge in [-0.1, -0.05) is 102 Å². The molecule has 0 saturated carbocycles. The first kappa shape index (κ1) is 26.5. The molecule has 0 aliphatic carbocycles. The Balaban J connectivity index is 1.53. The maximum absolute atomic E-state index is 13.6. The van der Waals surface area contributed by atoms with E-state index in [2.05, 4.69) is 5.32 Å². The van der Waals surface area contributed by atoms with Crippen molar-refractivity contribution >= 4 is 34.5 Å². The van der Waals surface area contributed by atoms with Gasteiger partial charge in [0.2, 0.25) is 5.91 Å². The number of amides is 1. The number of benzene rings is 3. The van der Waals surface area contributed by atoms with Gasteiger partial charge in [0.15, 0.2) is 5.17 Å². The third-order valence-electron chi connectivity index (χ3n) is 6.76. The molecule has 198 valence electrons. The number of rotatable bonds is 8. The highest BCUT2D eigenvalue weighted by Gasteiger charge is 2.42. The lowest BCUT2D eigenvalue weighted by Gasteiger charge is -2.37. The molecule has 2 atom stereocenters. The largest absolute Gasteiger partial charge is 0.463 e. The summed E-state index contributed by atoms with van der Waals surface area (Å²) >= 11 is 1.47. The Labute approximate surface area is 233 Å². The average Bonchev–Trinajstić information content (AvgIpc) is 3.35. The van der Waals surface area contributed by atoms with Gasteiger partial charge >= 0.3 is 5.97 Å². The number of aliphatic imine (C=N–C) groups is 1. The summed E-state index contributed by atoms with van der Waals surface area (Å²) in [6, 6.07) is 27.1. The van der Waals surface area contributed by atoms with Crippen LogP contribution in [0.4, 0.5) is 0 Å². The number of nitrogens with one attached hydrogen (secondary N) is 1. The van der Waals surface area contributed by atoms with Gasteiger partial charge in [-0.3, -0.25) is 4.79 Å². The van der Waals surface area contributed by atoms with E-state index in [1.165, 1.54) is 11.8 Å². The molecule has 3 aromatic rings. The van der Waals surface area contributed by atoms with Crippen LogP contribution in [0.2, 0.25) is 0 Å². The molecule has 0 aromatic heterocycles. The van der Waals surface area contributed by atoms with E-state index in [0.29, 0.717) is 11.3 Å². The van der Waals surface area contributed by atoms with Crippen LogP contribution >= 0.6 is 11.8 Å². The van der Waals surface area contributed by atoms with E-state index < -0.39 is 12.0 Å². The van der Waals surface area contributed by atoms with Crippen molar-refractivity contribution in [1.82, 2.24) is 10.2 Å². The minimum absolute atomic E-state index is 0.0994. The fraction of sp³-hybridized carbons (Fsp3) is 0.219. The van der Waals surface area contributed by atoms with E-state index in [1.54, 1.807) is 6.92 Å². The zero-order chi connectivity index (χ0) is 27.4. The highest BCUT2D eigenvalue weighted by Crippen LogP contribution is 2.47. The van der Waals surface area contributed by atoms with Crippen molar-refractivity contribution in [2.45, 2.75) is 39.3 Å². The molecule has 1 N–H and O–H groups in total. The standard InChI is InChI=1S/C32H31N3O3S/c1-4-38-31(37)28-29(24-13-9-6-10-14-24)34-32-35(30(28)25-17-15-21(2)16-18-25)26(20-39-32)19-27(36)33-22(3)23-11-7-5-8-12-23/h5-18,20,22,30H,4,19H2,1-3H3,(H,33,36)/t22-,30+/m0/s1. The van der Waals surface area contributed by atoms with E-state index in [0.717, 1.165) is 33.1 Å². The molecule has 5 rings (SSSR count). The Morgan fingerprint density at radius 3 is 2.33 bits per heavy atom. The van der Waals surface area contributed by atoms with Crippen molar-refractivity contribution in [2.24, 2.45) is 4.99 Å². The molecule has 0 fully saturated rings. The van der Waals surface area contributed by atoms with Crippen LogP contribution in [-0.4, -0.2) is 28.6 Å². The zero-order valence-corrected chi connectivity index (χ0v) is 23.1. The second-order valence-corrected chi connectivity index (χ2v) is 10.4. The predicted molar refractivity (Wildman–Crippen MR) is 156 cm³/mol. The molecular weight excluding hydrogens is 506 g/mol. The third-order valence-corrected chi connectivity index (χ3v) is 7.65. The molecule has 2 aliphatic rings. The Hall–Kier alpha value is -4.10. The third kappa shape index (κ3) is 5.68. The summed E-state index contributed by atoms with van der Waals surface area (Å²) in [5, 5.41) is 5.80. The van der Waals surface area contributed by atoms with Crippen molar-refractivity contribution in [2.75, 3.05) is 6.61 Å². The van der Waals surface area contributed by atoms with Gasteiger partial charge in [-0.25, -0.2) is 9.79 Å². The topological polar surface area (TPSA) is 71.0 Å². The molecule has 1 amide bonds. The molecular formula is C32H31N3O3S. The first-order valence-corrected chi connectivity index (χ1v) is 14.0. The minimum atomic E-state index is -0.493. The number of carbonyl (C=O) groups excluding carboxylic acids is 2. The van der Waals surface area contributed by atoms with Crippen LogP contribution in [0.15, 0.2) is 107 Å². The molecule has 0 bridgehead atoms. The monoisotopic (exact) mass is 537 g/mol. The highest BCUT2D eigenvalue weighted by atomic mass is 32.2. The average molecular weight is 538 g/mol. The van der Waals surface area contributed by atoms with Crippen LogP contribution in [-0.2, 0) is 14.3 Å². The van der Waals surface area contributed by atoms with Gasteiger partial charge in [0, 0.05) is 11.3 Å². The SMILES string of the molecule is CCOC(=O)C1=C(c2ccccc2)N=C2SC=C(CC(=O)N[C@@H](C)c3ccccc3)N2[C@@H]1c1ccc(C)cc1. The summed E-state index contributed by atoms with van der Waals surface area (Å²) in [7, 11) is 0. The molecule has 2 heterocycles. The maximum Gasteiger partial charge on any atom is 0.338 e. The molecule has 7 heteroatoms. The van der Waals surface area contributed by atoms with Gasteiger partial charge in [0.1, 0.15) is 0 Å². The Kier molecular flexibility index (Phi) is 7.98. The number of ether oxygens (including phenoxy) is 1. The van der Waals surface area contributed by atoms with Crippen LogP contribution in [0.25, 0.3) is 5.70 Å². The van der Waals surface area contributed by atoms with Crippen molar-refractivity contribution in [3.63, 3.8) is 0 Å². The van der Waals surface area contributed by atoms with Crippen LogP contribution in [0, 0.1) is 6.92 Å². The van der Waals surface area contributed by atoms with Gasteiger partial charge < -0.3 is 15.0 Å². The fourth-order valence-electron chi connectivity index (χ4n) is 4.83. The quantitative estimate of drug-likeness (QED) is 0.331. The van der Waals surface area contributed by atoms with Crippen molar-refractivity contribution in [3.05, 3.63) is 124 Å². The number of carbonyl (C=O) groups is 2. The van der Waals surface area contributed by atoms with E-state index in [4.69, 9.17) is 9.73 Å². The smallest absolute Gasteiger partial charge is 0.338 e. The van der Waals surface area contributed by atoms with E-state index in [-0.39, 0.29) is 25.0 Å². The van der Waals surface area contributed by atoms with Gasteiger partial charge in [-0.2, -0.15) is 0 Å². The summed E-state index contributed by atoms with van der Waals surface area (Å²) in [5.41, 5.74) is 5.77. The van der Waals surface area contributed by atoms with Crippen LogP contribution in [0.5, 0.6) is 0 Å². The van der Waals surface area contributed by atoms with Crippen LogP contribution in [0.1, 0.15) is 54.6 Å². The van der Waals surface area contributed by atoms with Crippen molar-refractivity contribution in [1.29, 1.82) is 0 Å². The van der Waals surface area contributed by atoms with Gasteiger partial charge in [-0.15, -0.1) is 0 Å². The lowest BCUT2D eigenvalue weighted by molar-refractivity contribution is -0.139. The van der Waals surface area contributed by atoms with Crippen molar-refractivity contribution in [3.8, 4) is 0 Å². The second kappa shape index (κ2) is 11.7. The summed E-state index contributed by atoms with van der Waals surface area (Å²) in [6.07, 6.45) is 0.155. The molecule has 3 aromatic carbocycles. The second-order valence-electron chi connectivity index (χ2n) is 9.53. The number of thioether (sulfide) groups is 1. The first-order chi connectivity index (χ1) is 19.0. The number of hydrogen-bond acceptors (Lipinski definition) is 6. The zero-order valence-electron chi connectivity index (χ0n) is 22.3. The summed E-state index contributed by atoms with van der Waals surface area (Å²) in [6.45, 7) is 6.05. The lowest BCUT2D eigenvalue weighted by atomic mass is 9.91. The lowest BCUT2D eigenvalue weighted by Crippen LogP contribution is -2.38. The van der Waals surface area contributed by atoms with Crippen LogP contribution < -0.4 is 5.32 Å². The summed E-state index contributed by atoms with van der Waals surface area (Å²) in [5.74, 6) is -0.513. The Bertz CT molecular complexity index is 1450. The van der Waals surface area contributed by atoms with Crippen LogP contribution in [0.3, 0.4) is 0 Å². The number of aryl methyl sites for hydroxylation is 1. The molecule has 0 saturated heterocycles. The minimum Gasteiger partial charge on any atom is -0.463 e. The molecule has 0 radical (unpaired) electrons. The summed E-state index contributed by atoms with van der Waals surface area (Å²) in [4.78, 5) is 33.8. The highest BCUT2D eigenvalue weighted by molar-refractivity contribution is 8.16. The number of hydrogen-bond donors (Lipinski definition) is 1.